The number of hydrogen-bond acceptors (Lipinski definition) is 5. The van der Waals surface area contributed by atoms with Gasteiger partial charge in [0.05, 0.1) is 30.4 Å². The highest BCUT2D eigenvalue weighted by Gasteiger charge is 2.42. The Morgan fingerprint density at radius 2 is 1.78 bits per heavy atom. The number of rotatable bonds is 4. The fraction of sp³-hybridized carbons (Fsp3) is 0.560. The van der Waals surface area contributed by atoms with E-state index >= 15 is 0 Å². The number of nitrogens with one attached hydrogen (secondary N) is 1. The second-order valence-corrected chi connectivity index (χ2v) is 9.24. The van der Waals surface area contributed by atoms with E-state index in [-0.39, 0.29) is 23.6 Å². The molecule has 1 aromatic heterocycles. The number of aromatic nitrogens is 2. The van der Waals surface area contributed by atoms with Crippen LogP contribution in [0, 0.1) is 0 Å². The van der Waals surface area contributed by atoms with Crippen molar-refractivity contribution in [1.29, 1.82) is 0 Å². The lowest BCUT2D eigenvalue weighted by Gasteiger charge is -2.38. The van der Waals surface area contributed by atoms with Crippen LogP contribution in [0.4, 0.5) is 0 Å². The van der Waals surface area contributed by atoms with Gasteiger partial charge in [0.25, 0.3) is 5.56 Å². The Labute approximate surface area is 188 Å². The Morgan fingerprint density at radius 1 is 1.03 bits per heavy atom. The summed E-state index contributed by atoms with van der Waals surface area (Å²) in [6.07, 6.45) is 5.56. The van der Waals surface area contributed by atoms with Crippen LogP contribution in [0.2, 0.25) is 0 Å². The third kappa shape index (κ3) is 4.11. The first-order valence-corrected chi connectivity index (χ1v) is 11.8. The average Bonchev–Trinajstić information content (AvgIpc) is 2.85. The largest absolute Gasteiger partial charge is 0.381 e. The minimum atomic E-state index is -0.518. The fourth-order valence-electron chi connectivity index (χ4n) is 5.40. The quantitative estimate of drug-likeness (QED) is 0.795. The zero-order valence-corrected chi connectivity index (χ0v) is 18.4. The van der Waals surface area contributed by atoms with Gasteiger partial charge in [0.15, 0.2) is 0 Å². The van der Waals surface area contributed by atoms with Gasteiger partial charge in [-0.2, -0.15) is 5.10 Å². The molecule has 0 bridgehead atoms. The first-order chi connectivity index (χ1) is 15.7. The Bertz CT molecular complexity index is 1010. The molecule has 3 aliphatic rings. The van der Waals surface area contributed by atoms with E-state index in [0.29, 0.717) is 39.3 Å². The summed E-state index contributed by atoms with van der Waals surface area (Å²) < 4.78 is 12.7. The predicted molar refractivity (Wildman–Crippen MR) is 119 cm³/mol. The van der Waals surface area contributed by atoms with Gasteiger partial charge in [0.2, 0.25) is 5.91 Å². The maximum Gasteiger partial charge on any atom is 0.267 e. The highest BCUT2D eigenvalue weighted by molar-refractivity contribution is 5.88. The van der Waals surface area contributed by atoms with E-state index in [4.69, 9.17) is 9.47 Å². The zero-order valence-electron chi connectivity index (χ0n) is 18.4. The molecule has 0 spiro atoms. The van der Waals surface area contributed by atoms with E-state index in [1.54, 1.807) is 10.7 Å². The third-order valence-corrected chi connectivity index (χ3v) is 7.35. The smallest absolute Gasteiger partial charge is 0.267 e. The van der Waals surface area contributed by atoms with Crippen molar-refractivity contribution in [2.75, 3.05) is 19.8 Å². The van der Waals surface area contributed by atoms with Crippen molar-refractivity contribution < 1.29 is 14.3 Å². The van der Waals surface area contributed by atoms with Gasteiger partial charge in [-0.25, -0.2) is 4.68 Å². The molecule has 7 nitrogen and oxygen atoms in total. The van der Waals surface area contributed by atoms with Crippen molar-refractivity contribution in [2.24, 2.45) is 0 Å². The van der Waals surface area contributed by atoms with Crippen LogP contribution in [0.1, 0.15) is 61.4 Å². The van der Waals surface area contributed by atoms with E-state index in [1.165, 1.54) is 0 Å². The molecule has 2 aromatic rings. The van der Waals surface area contributed by atoms with Crippen LogP contribution in [0.5, 0.6) is 0 Å². The molecule has 1 saturated heterocycles. The Balaban J connectivity index is 1.26. The normalized spacial score (nSPS) is 25.0. The highest BCUT2D eigenvalue weighted by atomic mass is 16.5. The molecule has 1 aliphatic carbocycles. The van der Waals surface area contributed by atoms with Crippen molar-refractivity contribution in [3.05, 3.63) is 63.6 Å². The molecule has 2 aliphatic heterocycles. The molecular formula is C25H31N3O4. The minimum Gasteiger partial charge on any atom is -0.381 e. The van der Waals surface area contributed by atoms with Crippen molar-refractivity contribution >= 4 is 5.91 Å². The molecule has 5 rings (SSSR count). The maximum absolute atomic E-state index is 13.5. The molecule has 1 amide bonds. The summed E-state index contributed by atoms with van der Waals surface area (Å²) in [5, 5.41) is 8.02. The Kier molecular flexibility index (Phi) is 6.11. The van der Waals surface area contributed by atoms with Gasteiger partial charge in [-0.15, -0.1) is 0 Å². The molecule has 1 N–H and O–H groups in total. The monoisotopic (exact) mass is 437 g/mol. The number of nitrogens with zero attached hydrogens (tertiary/aromatic N) is 2. The molecule has 0 atom stereocenters. The van der Waals surface area contributed by atoms with E-state index < -0.39 is 5.41 Å². The summed E-state index contributed by atoms with van der Waals surface area (Å²) in [7, 11) is 0. The van der Waals surface area contributed by atoms with Crippen molar-refractivity contribution in [3.8, 4) is 0 Å². The summed E-state index contributed by atoms with van der Waals surface area (Å²) >= 11 is 0. The van der Waals surface area contributed by atoms with Gasteiger partial charge in [-0.3, -0.25) is 9.59 Å². The third-order valence-electron chi connectivity index (χ3n) is 7.35. The summed E-state index contributed by atoms with van der Waals surface area (Å²) in [6.45, 7) is 2.34. The number of ether oxygens (including phenoxy) is 2. The predicted octanol–water partition coefficient (Wildman–Crippen LogP) is 2.66. The molecule has 3 heterocycles. The van der Waals surface area contributed by atoms with Crippen molar-refractivity contribution in [2.45, 2.75) is 69.1 Å². The summed E-state index contributed by atoms with van der Waals surface area (Å²) in [4.78, 5) is 26.1. The van der Waals surface area contributed by atoms with Crippen LogP contribution in [0.25, 0.3) is 0 Å². The number of carbonyl (C=O) groups is 1. The Hall–Kier alpha value is -2.51. The van der Waals surface area contributed by atoms with E-state index in [9.17, 15) is 9.59 Å². The van der Waals surface area contributed by atoms with E-state index in [1.807, 2.05) is 18.2 Å². The van der Waals surface area contributed by atoms with E-state index in [0.717, 1.165) is 48.9 Å². The van der Waals surface area contributed by atoms with Crippen molar-refractivity contribution in [3.63, 3.8) is 0 Å². The maximum atomic E-state index is 13.5. The SMILES string of the molecule is O=C(NC1CCC(n2nc3c(cc2=O)COCC3)CC1)C1(c2ccccc2)CCOCC1. The van der Waals surface area contributed by atoms with Crippen LogP contribution in [-0.4, -0.2) is 41.6 Å². The highest BCUT2D eigenvalue weighted by Crippen LogP contribution is 2.36. The summed E-state index contributed by atoms with van der Waals surface area (Å²) in [5.41, 5.74) is 2.40. The fourth-order valence-corrected chi connectivity index (χ4v) is 5.40. The second-order valence-electron chi connectivity index (χ2n) is 9.24. The first-order valence-electron chi connectivity index (χ1n) is 11.8. The van der Waals surface area contributed by atoms with Crippen LogP contribution in [0.15, 0.2) is 41.2 Å². The van der Waals surface area contributed by atoms with Gasteiger partial charge in [0.1, 0.15) is 0 Å². The lowest BCUT2D eigenvalue weighted by molar-refractivity contribution is -0.131. The Morgan fingerprint density at radius 3 is 2.53 bits per heavy atom. The zero-order chi connectivity index (χ0) is 22.0. The van der Waals surface area contributed by atoms with Crippen LogP contribution in [0.3, 0.4) is 0 Å². The molecule has 0 unspecified atom stereocenters. The molecule has 32 heavy (non-hydrogen) atoms. The molecule has 1 saturated carbocycles. The van der Waals surface area contributed by atoms with Gasteiger partial charge in [-0.1, -0.05) is 30.3 Å². The van der Waals surface area contributed by atoms with Crippen LogP contribution in [-0.2, 0) is 32.7 Å². The lowest BCUT2D eigenvalue weighted by Crippen LogP contribution is -2.51. The number of benzene rings is 1. The first kappa shape index (κ1) is 21.3. The molecule has 170 valence electrons. The van der Waals surface area contributed by atoms with Gasteiger partial charge in [0, 0.05) is 37.3 Å². The summed E-state index contributed by atoms with van der Waals surface area (Å²) in [5.74, 6) is 0.111. The topological polar surface area (TPSA) is 82.5 Å². The molecule has 0 radical (unpaired) electrons. The number of hydrogen-bond donors (Lipinski definition) is 1. The van der Waals surface area contributed by atoms with Gasteiger partial charge >= 0.3 is 0 Å². The number of carbonyl (C=O) groups excluding carboxylic acids is 1. The van der Waals surface area contributed by atoms with Gasteiger partial charge < -0.3 is 14.8 Å². The number of fused-ring (bicyclic) bond motifs is 1. The molecule has 7 heteroatoms. The van der Waals surface area contributed by atoms with E-state index in [2.05, 4.69) is 22.5 Å². The van der Waals surface area contributed by atoms with Crippen LogP contribution >= 0.6 is 0 Å². The summed E-state index contributed by atoms with van der Waals surface area (Å²) in [6, 6.07) is 12.0. The average molecular weight is 438 g/mol. The molecular weight excluding hydrogens is 406 g/mol. The van der Waals surface area contributed by atoms with Gasteiger partial charge in [-0.05, 0) is 44.1 Å². The standard InChI is InChI=1S/C25H31N3O4/c29-23-16-18-17-32-13-10-22(18)27-28(23)21-8-6-20(7-9-21)26-24(30)25(11-14-31-15-12-25)19-4-2-1-3-5-19/h1-5,16,20-21H,6-15,17H2,(H,26,30). The molecule has 2 fully saturated rings. The minimum absolute atomic E-state index is 0.0491. The lowest BCUT2D eigenvalue weighted by atomic mass is 9.73. The van der Waals surface area contributed by atoms with Crippen molar-refractivity contribution in [1.82, 2.24) is 15.1 Å². The number of amides is 1. The second kappa shape index (κ2) is 9.16. The molecule has 1 aromatic carbocycles. The van der Waals surface area contributed by atoms with Crippen LogP contribution < -0.4 is 10.9 Å².